The maximum atomic E-state index is 12.9. The lowest BCUT2D eigenvalue weighted by atomic mass is 10.0. The third-order valence-electron chi connectivity index (χ3n) is 5.56. The van der Waals surface area contributed by atoms with Crippen LogP contribution in [0.2, 0.25) is 0 Å². The number of carbonyl (C=O) groups excluding carboxylic acids is 1. The lowest BCUT2D eigenvalue weighted by Gasteiger charge is -2.23. The summed E-state index contributed by atoms with van der Waals surface area (Å²) in [4.78, 5) is 26.7. The standard InChI is InChI=1S/C22H24N2O5/c1-12-8-18(21-14(3)15(4)22(26)28-19(21)9-12)27-11-20(25)24-7-5-6-16(24)17-10-13(2)23-29-17/h8-10,16H,5-7,11H2,1-4H3. The van der Waals surface area contributed by atoms with Crippen LogP contribution in [0.1, 0.15) is 47.0 Å². The van der Waals surface area contributed by atoms with E-state index in [9.17, 15) is 9.59 Å². The minimum atomic E-state index is -0.357. The van der Waals surface area contributed by atoms with Gasteiger partial charge in [-0.25, -0.2) is 4.79 Å². The molecule has 1 amide bonds. The summed E-state index contributed by atoms with van der Waals surface area (Å²) < 4.78 is 16.7. The number of aromatic nitrogens is 1. The molecule has 0 aliphatic carbocycles. The zero-order valence-corrected chi connectivity index (χ0v) is 17.1. The lowest BCUT2D eigenvalue weighted by molar-refractivity contribution is -0.134. The van der Waals surface area contributed by atoms with Crippen LogP contribution in [-0.4, -0.2) is 29.1 Å². The van der Waals surface area contributed by atoms with Crippen molar-refractivity contribution in [2.24, 2.45) is 0 Å². The van der Waals surface area contributed by atoms with Crippen molar-refractivity contribution in [2.45, 2.75) is 46.6 Å². The van der Waals surface area contributed by atoms with Gasteiger partial charge in [0.05, 0.1) is 17.1 Å². The van der Waals surface area contributed by atoms with Gasteiger partial charge >= 0.3 is 5.63 Å². The third kappa shape index (κ3) is 3.52. The molecular formula is C22H24N2O5. The highest BCUT2D eigenvalue weighted by Crippen LogP contribution is 2.33. The SMILES string of the molecule is Cc1cc(OCC(=O)N2CCCC2c2cc(C)no2)c2c(C)c(C)c(=O)oc2c1. The van der Waals surface area contributed by atoms with Crippen molar-refractivity contribution in [3.8, 4) is 5.75 Å². The minimum absolute atomic E-state index is 0.0974. The molecule has 3 heterocycles. The van der Waals surface area contributed by atoms with Crippen LogP contribution in [0.5, 0.6) is 5.75 Å². The smallest absolute Gasteiger partial charge is 0.339 e. The van der Waals surface area contributed by atoms with Gasteiger partial charge < -0.3 is 18.6 Å². The largest absolute Gasteiger partial charge is 0.483 e. The Morgan fingerprint density at radius 1 is 1.21 bits per heavy atom. The molecule has 7 nitrogen and oxygen atoms in total. The van der Waals surface area contributed by atoms with E-state index < -0.39 is 0 Å². The summed E-state index contributed by atoms with van der Waals surface area (Å²) in [7, 11) is 0. The molecule has 152 valence electrons. The number of hydrogen-bond acceptors (Lipinski definition) is 6. The van der Waals surface area contributed by atoms with Gasteiger partial charge in [-0.2, -0.15) is 0 Å². The zero-order chi connectivity index (χ0) is 20.7. The predicted octanol–water partition coefficient (Wildman–Crippen LogP) is 3.76. The summed E-state index contributed by atoms with van der Waals surface area (Å²) in [6.45, 7) is 7.91. The van der Waals surface area contributed by atoms with Crippen molar-refractivity contribution in [3.05, 3.63) is 56.8 Å². The third-order valence-corrected chi connectivity index (χ3v) is 5.56. The summed E-state index contributed by atoms with van der Waals surface area (Å²) >= 11 is 0. The van der Waals surface area contributed by atoms with Gasteiger partial charge in [0.15, 0.2) is 12.4 Å². The van der Waals surface area contributed by atoms with Crippen LogP contribution >= 0.6 is 0 Å². The first-order valence-electron chi connectivity index (χ1n) is 9.75. The number of nitrogens with zero attached hydrogens (tertiary/aromatic N) is 2. The highest BCUT2D eigenvalue weighted by Gasteiger charge is 2.33. The first kappa shape index (κ1) is 19.2. The monoisotopic (exact) mass is 396 g/mol. The van der Waals surface area contributed by atoms with Gasteiger partial charge in [-0.3, -0.25) is 4.79 Å². The summed E-state index contributed by atoms with van der Waals surface area (Å²) in [5.41, 5.74) is 3.14. The quantitative estimate of drug-likeness (QED) is 0.624. The highest BCUT2D eigenvalue weighted by molar-refractivity contribution is 5.88. The molecule has 1 unspecified atom stereocenters. The van der Waals surface area contributed by atoms with E-state index in [0.717, 1.165) is 35.0 Å². The average molecular weight is 396 g/mol. The van der Waals surface area contributed by atoms with E-state index in [4.69, 9.17) is 13.7 Å². The van der Waals surface area contributed by atoms with Gasteiger partial charge in [-0.05, 0) is 63.8 Å². The minimum Gasteiger partial charge on any atom is -0.483 e. The molecule has 7 heteroatoms. The van der Waals surface area contributed by atoms with Crippen molar-refractivity contribution in [1.29, 1.82) is 0 Å². The van der Waals surface area contributed by atoms with Gasteiger partial charge in [-0.15, -0.1) is 0 Å². The van der Waals surface area contributed by atoms with E-state index >= 15 is 0 Å². The van der Waals surface area contributed by atoms with Crippen molar-refractivity contribution < 1.29 is 18.5 Å². The fourth-order valence-electron chi connectivity index (χ4n) is 3.93. The molecule has 0 spiro atoms. The molecular weight excluding hydrogens is 372 g/mol. The summed E-state index contributed by atoms with van der Waals surface area (Å²) in [5.74, 6) is 1.15. The molecule has 0 radical (unpaired) electrons. The number of ether oxygens (including phenoxy) is 1. The number of benzene rings is 1. The average Bonchev–Trinajstić information content (AvgIpc) is 3.32. The Bertz CT molecular complexity index is 1140. The van der Waals surface area contributed by atoms with Crippen molar-refractivity contribution in [1.82, 2.24) is 10.1 Å². The summed E-state index contributed by atoms with van der Waals surface area (Å²) in [6, 6.07) is 5.44. The van der Waals surface area contributed by atoms with E-state index in [2.05, 4.69) is 5.16 Å². The second-order valence-electron chi connectivity index (χ2n) is 7.68. The van der Waals surface area contributed by atoms with E-state index in [1.54, 1.807) is 17.9 Å². The highest BCUT2D eigenvalue weighted by atomic mass is 16.5. The summed E-state index contributed by atoms with van der Waals surface area (Å²) in [5, 5.41) is 4.66. The molecule has 0 N–H and O–H groups in total. The van der Waals surface area contributed by atoms with Crippen LogP contribution in [0.3, 0.4) is 0 Å². The fraction of sp³-hybridized carbons (Fsp3) is 0.409. The van der Waals surface area contributed by atoms with E-state index in [-0.39, 0.29) is 24.2 Å². The molecule has 1 fully saturated rings. The Morgan fingerprint density at radius 3 is 2.72 bits per heavy atom. The molecule has 29 heavy (non-hydrogen) atoms. The molecule has 0 saturated carbocycles. The van der Waals surface area contributed by atoms with Crippen molar-refractivity contribution in [2.75, 3.05) is 13.2 Å². The first-order chi connectivity index (χ1) is 13.8. The number of fused-ring (bicyclic) bond motifs is 1. The van der Waals surface area contributed by atoms with Crippen LogP contribution < -0.4 is 10.4 Å². The molecule has 1 aliphatic rings. The van der Waals surface area contributed by atoms with Crippen molar-refractivity contribution in [3.63, 3.8) is 0 Å². The van der Waals surface area contributed by atoms with Gasteiger partial charge in [-0.1, -0.05) is 5.16 Å². The Balaban J connectivity index is 1.59. The maximum Gasteiger partial charge on any atom is 0.339 e. The Labute approximate surface area is 168 Å². The zero-order valence-electron chi connectivity index (χ0n) is 17.1. The van der Waals surface area contributed by atoms with Crippen LogP contribution in [0.25, 0.3) is 11.0 Å². The molecule has 0 bridgehead atoms. The second-order valence-corrected chi connectivity index (χ2v) is 7.68. The molecule has 1 aromatic carbocycles. The van der Waals surface area contributed by atoms with Crippen LogP contribution in [0.4, 0.5) is 0 Å². The normalized spacial score (nSPS) is 16.6. The fourth-order valence-corrected chi connectivity index (χ4v) is 3.93. The molecule has 1 atom stereocenters. The molecule has 3 aromatic rings. The molecule has 1 aliphatic heterocycles. The molecule has 4 rings (SSSR count). The number of aryl methyl sites for hydroxylation is 3. The number of rotatable bonds is 4. The van der Waals surface area contributed by atoms with Gasteiger partial charge in [0.2, 0.25) is 0 Å². The van der Waals surface area contributed by atoms with Gasteiger partial charge in [0.1, 0.15) is 11.3 Å². The van der Waals surface area contributed by atoms with E-state index in [1.807, 2.05) is 32.9 Å². The van der Waals surface area contributed by atoms with Crippen molar-refractivity contribution >= 4 is 16.9 Å². The topological polar surface area (TPSA) is 85.8 Å². The second kappa shape index (κ2) is 7.39. The Morgan fingerprint density at radius 2 is 2.00 bits per heavy atom. The molecule has 2 aromatic heterocycles. The first-order valence-corrected chi connectivity index (χ1v) is 9.75. The number of amides is 1. The van der Waals surface area contributed by atoms with Crippen LogP contribution in [-0.2, 0) is 4.79 Å². The van der Waals surface area contributed by atoms with E-state index in [0.29, 0.717) is 29.2 Å². The summed E-state index contributed by atoms with van der Waals surface area (Å²) in [6.07, 6.45) is 1.75. The van der Waals surface area contributed by atoms with Gasteiger partial charge in [0, 0.05) is 18.2 Å². The Kier molecular flexibility index (Phi) is 4.90. The van der Waals surface area contributed by atoms with E-state index in [1.165, 1.54) is 0 Å². The van der Waals surface area contributed by atoms with Crippen LogP contribution in [0, 0.1) is 27.7 Å². The number of carbonyl (C=O) groups is 1. The molecule has 1 saturated heterocycles. The maximum absolute atomic E-state index is 12.9. The van der Waals surface area contributed by atoms with Gasteiger partial charge in [0.25, 0.3) is 5.91 Å². The number of hydrogen-bond donors (Lipinski definition) is 0. The predicted molar refractivity (Wildman–Crippen MR) is 107 cm³/mol. The number of likely N-dealkylation sites (tertiary alicyclic amines) is 1. The lowest BCUT2D eigenvalue weighted by Crippen LogP contribution is -2.34. The Hall–Kier alpha value is -3.09. The van der Waals surface area contributed by atoms with Crippen LogP contribution in [0.15, 0.2) is 31.9 Å².